The molecule has 0 aliphatic rings. The maximum atomic E-state index is 11.1. The molecular formula is C12H13NaO6. The van der Waals surface area contributed by atoms with Gasteiger partial charge in [-0.25, -0.2) is 19.4 Å². The number of benzene rings is 1. The first kappa shape index (κ1) is 17.8. The molecule has 0 aliphatic carbocycles. The van der Waals surface area contributed by atoms with Crippen LogP contribution in [0, 0.1) is 0 Å². The fraction of sp³-hybridized carbons (Fsp3) is 0.167. The van der Waals surface area contributed by atoms with Gasteiger partial charge in [-0.05, 0) is 11.6 Å². The van der Waals surface area contributed by atoms with Gasteiger partial charge in [-0.3, -0.25) is 0 Å². The molecule has 98 valence electrons. The third kappa shape index (κ3) is 7.09. The van der Waals surface area contributed by atoms with Gasteiger partial charge in [0.1, 0.15) is 0 Å². The summed E-state index contributed by atoms with van der Waals surface area (Å²) in [6, 6.07) is 8.95. The van der Waals surface area contributed by atoms with E-state index in [0.717, 1.165) is 11.6 Å². The van der Waals surface area contributed by atoms with Crippen molar-refractivity contribution >= 4 is 47.6 Å². The second-order valence-corrected chi connectivity index (χ2v) is 3.25. The van der Waals surface area contributed by atoms with Crippen LogP contribution in [-0.4, -0.2) is 64.4 Å². The number of hydrogen-bond acceptors (Lipinski definition) is 6. The molecule has 0 aromatic heterocycles. The number of aliphatic hydroxyl groups excluding tert-OH is 2. The average molecular weight is 276 g/mol. The van der Waals surface area contributed by atoms with E-state index in [4.69, 9.17) is 10.2 Å². The third-order valence-corrected chi connectivity index (χ3v) is 1.86. The fourth-order valence-electron chi connectivity index (χ4n) is 0.968. The molecule has 1 atom stereocenters. The van der Waals surface area contributed by atoms with Crippen molar-refractivity contribution in [2.45, 2.75) is 6.10 Å². The third-order valence-electron chi connectivity index (χ3n) is 1.86. The molecular weight excluding hydrogens is 263 g/mol. The molecule has 0 saturated heterocycles. The van der Waals surface area contributed by atoms with Crippen molar-refractivity contribution in [2.75, 3.05) is 6.61 Å². The first-order chi connectivity index (χ1) is 8.63. The molecule has 1 rings (SSSR count). The molecule has 0 aliphatic heterocycles. The van der Waals surface area contributed by atoms with Crippen LogP contribution >= 0.6 is 0 Å². The molecule has 0 bridgehead atoms. The minimum absolute atomic E-state index is 0. The van der Waals surface area contributed by atoms with Crippen LogP contribution < -0.4 is 0 Å². The van der Waals surface area contributed by atoms with Crippen molar-refractivity contribution in [3.05, 3.63) is 42.0 Å². The van der Waals surface area contributed by atoms with Gasteiger partial charge >= 0.3 is 41.5 Å². The van der Waals surface area contributed by atoms with Crippen molar-refractivity contribution in [3.63, 3.8) is 0 Å². The van der Waals surface area contributed by atoms with Gasteiger partial charge in [-0.1, -0.05) is 30.3 Å². The Bertz CT molecular complexity index is 431. The molecule has 1 aromatic rings. The van der Waals surface area contributed by atoms with Gasteiger partial charge in [0.25, 0.3) is 0 Å². The predicted octanol–water partition coefficient (Wildman–Crippen LogP) is -0.594. The van der Waals surface area contributed by atoms with E-state index in [9.17, 15) is 9.59 Å². The Morgan fingerprint density at radius 2 is 1.84 bits per heavy atom. The summed E-state index contributed by atoms with van der Waals surface area (Å²) < 4.78 is 0. The Hall–Kier alpha value is -1.18. The standard InChI is InChI=1S/C12H12O6.Na.H/c13-8-10(14)12(16)18-17-11(15)7-6-9-4-2-1-3-5-9;;/h1-7,10,13-14H,8H2;;. The second kappa shape index (κ2) is 9.71. The van der Waals surface area contributed by atoms with E-state index >= 15 is 0 Å². The first-order valence-corrected chi connectivity index (χ1v) is 5.08. The SMILES string of the molecule is O=C(C=Cc1ccccc1)OOC(=O)C(O)CO.[NaH]. The van der Waals surface area contributed by atoms with E-state index in [2.05, 4.69) is 9.78 Å². The zero-order chi connectivity index (χ0) is 13.4. The van der Waals surface area contributed by atoms with Gasteiger partial charge in [0.15, 0.2) is 6.10 Å². The van der Waals surface area contributed by atoms with Gasteiger partial charge in [-0.2, -0.15) is 0 Å². The monoisotopic (exact) mass is 276 g/mol. The van der Waals surface area contributed by atoms with Gasteiger partial charge in [0.2, 0.25) is 0 Å². The van der Waals surface area contributed by atoms with Crippen LogP contribution in [-0.2, 0) is 19.4 Å². The molecule has 0 saturated carbocycles. The molecule has 6 nitrogen and oxygen atoms in total. The van der Waals surface area contributed by atoms with Crippen molar-refractivity contribution < 1.29 is 29.6 Å². The molecule has 0 heterocycles. The molecule has 2 N–H and O–H groups in total. The molecule has 0 amide bonds. The van der Waals surface area contributed by atoms with Crippen molar-refractivity contribution in [3.8, 4) is 0 Å². The summed E-state index contributed by atoms with van der Waals surface area (Å²) in [6.07, 6.45) is 0.808. The van der Waals surface area contributed by atoms with Crippen LogP contribution in [0.2, 0.25) is 0 Å². The predicted molar refractivity (Wildman–Crippen MR) is 67.9 cm³/mol. The molecule has 0 radical (unpaired) electrons. The van der Waals surface area contributed by atoms with Crippen molar-refractivity contribution in [1.82, 2.24) is 0 Å². The maximum absolute atomic E-state index is 11.1. The van der Waals surface area contributed by atoms with Crippen molar-refractivity contribution in [2.24, 2.45) is 0 Å². The number of aliphatic hydroxyl groups is 2. The molecule has 1 aromatic carbocycles. The van der Waals surface area contributed by atoms with Crippen molar-refractivity contribution in [1.29, 1.82) is 0 Å². The number of carbonyl (C=O) groups is 2. The number of carbonyl (C=O) groups excluding carboxylic acids is 2. The molecule has 19 heavy (non-hydrogen) atoms. The average Bonchev–Trinajstić information content (AvgIpc) is 2.42. The Kier molecular flexibility index (Phi) is 9.11. The van der Waals surface area contributed by atoms with Crippen LogP contribution in [0.5, 0.6) is 0 Å². The van der Waals surface area contributed by atoms with E-state index in [1.807, 2.05) is 6.07 Å². The van der Waals surface area contributed by atoms with Gasteiger partial charge in [-0.15, -0.1) is 0 Å². The van der Waals surface area contributed by atoms with Gasteiger partial charge in [0, 0.05) is 6.08 Å². The van der Waals surface area contributed by atoms with E-state index in [1.165, 1.54) is 6.08 Å². The zero-order valence-corrected chi connectivity index (χ0v) is 9.35. The molecule has 0 spiro atoms. The van der Waals surface area contributed by atoms with E-state index in [1.54, 1.807) is 24.3 Å². The molecule has 0 fully saturated rings. The summed E-state index contributed by atoms with van der Waals surface area (Å²) in [6.45, 7) is -0.809. The van der Waals surface area contributed by atoms with Gasteiger partial charge in [0.05, 0.1) is 6.61 Å². The normalized spacial score (nSPS) is 11.5. The van der Waals surface area contributed by atoms with E-state index in [-0.39, 0.29) is 29.6 Å². The first-order valence-electron chi connectivity index (χ1n) is 5.08. The van der Waals surface area contributed by atoms with Crippen LogP contribution in [0.15, 0.2) is 36.4 Å². The molecule has 1 unspecified atom stereocenters. The van der Waals surface area contributed by atoms with Gasteiger partial charge < -0.3 is 10.2 Å². The number of rotatable bonds is 4. The Morgan fingerprint density at radius 3 is 2.42 bits per heavy atom. The van der Waals surface area contributed by atoms with Crippen LogP contribution in [0.3, 0.4) is 0 Å². The summed E-state index contributed by atoms with van der Waals surface area (Å²) in [7, 11) is 0. The van der Waals surface area contributed by atoms with E-state index < -0.39 is 24.6 Å². The summed E-state index contributed by atoms with van der Waals surface area (Å²) in [5, 5.41) is 17.2. The minimum atomic E-state index is -1.73. The fourth-order valence-corrected chi connectivity index (χ4v) is 0.968. The molecule has 7 heteroatoms. The Labute approximate surface area is 131 Å². The van der Waals surface area contributed by atoms with Crippen LogP contribution in [0.25, 0.3) is 6.08 Å². The summed E-state index contributed by atoms with van der Waals surface area (Å²) in [5.41, 5.74) is 0.774. The number of hydrogen-bond donors (Lipinski definition) is 2. The Morgan fingerprint density at radius 1 is 1.21 bits per heavy atom. The summed E-state index contributed by atoms with van der Waals surface area (Å²) >= 11 is 0. The topological polar surface area (TPSA) is 93.1 Å². The van der Waals surface area contributed by atoms with Crippen LogP contribution in [0.1, 0.15) is 5.56 Å². The van der Waals surface area contributed by atoms with Crippen LogP contribution in [0.4, 0.5) is 0 Å². The second-order valence-electron chi connectivity index (χ2n) is 3.25. The Balaban J connectivity index is 0.00000324. The summed E-state index contributed by atoms with van der Waals surface area (Å²) in [5.74, 6) is -2.14. The quantitative estimate of drug-likeness (QED) is 0.330. The zero-order valence-electron chi connectivity index (χ0n) is 9.35. The van der Waals surface area contributed by atoms with E-state index in [0.29, 0.717) is 0 Å². The summed E-state index contributed by atoms with van der Waals surface area (Å²) in [4.78, 5) is 30.0.